The van der Waals surface area contributed by atoms with Gasteiger partial charge in [0.1, 0.15) is 0 Å². The molecule has 2 atom stereocenters. The van der Waals surface area contributed by atoms with Crippen molar-refractivity contribution in [3.05, 3.63) is 24.3 Å². The lowest BCUT2D eigenvalue weighted by atomic mass is 9.96. The predicted octanol–water partition coefficient (Wildman–Crippen LogP) is 26.5. The molecule has 0 radical (unpaired) electrons. The van der Waals surface area contributed by atoms with Gasteiger partial charge in [-0.3, -0.25) is 4.90 Å². The number of piperazine rings is 1. The Morgan fingerprint density at radius 3 is 0.944 bits per heavy atom. The normalized spacial score (nSPS) is 13.9. The summed E-state index contributed by atoms with van der Waals surface area (Å²) in [6.45, 7) is 30.1. The van der Waals surface area contributed by atoms with E-state index < -0.39 is 0 Å². The van der Waals surface area contributed by atoms with Crippen LogP contribution in [0.4, 0.5) is 0 Å². The number of hydrogen-bond acceptors (Lipinski definition) is 5. The van der Waals surface area contributed by atoms with Gasteiger partial charge in [-0.15, -0.1) is 0 Å². The van der Waals surface area contributed by atoms with Gasteiger partial charge in [-0.2, -0.15) is 0 Å². The van der Waals surface area contributed by atoms with Crippen molar-refractivity contribution in [3.8, 4) is 0 Å². The molecule has 1 fully saturated rings. The first-order valence-electron chi connectivity index (χ1n) is 41.6. The first-order chi connectivity index (χ1) is 43.8. The molecule has 0 bridgehead atoms. The molecule has 89 heavy (non-hydrogen) atoms. The molecule has 0 aromatic rings. The third-order valence-corrected chi connectivity index (χ3v) is 20.0. The molecule has 0 spiro atoms. The van der Waals surface area contributed by atoms with Gasteiger partial charge in [0.05, 0.1) is 0 Å². The fourth-order valence-electron chi connectivity index (χ4n) is 13.2. The summed E-state index contributed by atoms with van der Waals surface area (Å²) in [5.41, 5.74) is 5.49. The van der Waals surface area contributed by atoms with Crippen molar-refractivity contribution in [1.82, 2.24) is 19.6 Å². The van der Waals surface area contributed by atoms with Crippen molar-refractivity contribution >= 4 is 0 Å². The number of hydrogen-bond donors (Lipinski definition) is 1. The number of nitrogens with two attached hydrogens (primary N) is 1. The van der Waals surface area contributed by atoms with Gasteiger partial charge >= 0.3 is 0 Å². The lowest BCUT2D eigenvalue weighted by Gasteiger charge is -2.34. The fourth-order valence-corrected chi connectivity index (χ4v) is 13.2. The molecular formula is C84H173N5. The molecule has 5 heteroatoms. The van der Waals surface area contributed by atoms with Crippen LogP contribution in [0.2, 0.25) is 0 Å². The summed E-state index contributed by atoms with van der Waals surface area (Å²) in [5, 5.41) is 0. The van der Waals surface area contributed by atoms with Crippen molar-refractivity contribution in [2.45, 2.75) is 421 Å². The van der Waals surface area contributed by atoms with Crippen LogP contribution in [0.25, 0.3) is 0 Å². The maximum atomic E-state index is 5.49. The van der Waals surface area contributed by atoms with Gasteiger partial charge in [0.2, 0.25) is 0 Å². The monoisotopic (exact) mass is 1250 g/mol. The molecule has 0 aliphatic carbocycles. The van der Waals surface area contributed by atoms with Gasteiger partial charge in [0.25, 0.3) is 0 Å². The van der Waals surface area contributed by atoms with Gasteiger partial charge in [0.15, 0.2) is 0 Å². The van der Waals surface area contributed by atoms with Crippen LogP contribution in [0.15, 0.2) is 24.3 Å². The lowest BCUT2D eigenvalue weighted by Crippen LogP contribution is -2.47. The Labute approximate surface area is 565 Å². The van der Waals surface area contributed by atoms with Crippen LogP contribution in [-0.4, -0.2) is 106 Å². The smallest absolute Gasteiger partial charge is 0.0110 e. The molecule has 0 amide bonds. The van der Waals surface area contributed by atoms with Gasteiger partial charge in [-0.05, 0) is 123 Å². The molecule has 5 nitrogen and oxygen atoms in total. The summed E-state index contributed by atoms with van der Waals surface area (Å²) in [6.07, 6.45) is 91.5. The summed E-state index contributed by atoms with van der Waals surface area (Å²) in [6, 6.07) is 0. The van der Waals surface area contributed by atoms with Crippen LogP contribution in [0.3, 0.4) is 0 Å². The molecule has 0 aromatic carbocycles. The van der Waals surface area contributed by atoms with Gasteiger partial charge in [-0.1, -0.05) is 381 Å². The highest BCUT2D eigenvalue weighted by Gasteiger charge is 2.15. The van der Waals surface area contributed by atoms with Crippen molar-refractivity contribution < 1.29 is 0 Å². The lowest BCUT2D eigenvalue weighted by molar-refractivity contribution is 0.133. The average molecular weight is 1250 g/mol. The minimum Gasteiger partial charge on any atom is -0.330 e. The topological polar surface area (TPSA) is 39.0 Å². The summed E-state index contributed by atoms with van der Waals surface area (Å²) >= 11 is 0. The molecule has 1 aliphatic rings. The van der Waals surface area contributed by atoms with Gasteiger partial charge < -0.3 is 20.4 Å². The number of unbranched alkanes of at least 4 members (excludes halogenated alkanes) is 45. The SMILES string of the molecule is CCCCC/C=C\C/C=C\CCCCCCCCN(C)CCCCCCCCCCC(C)CCCCC.CCCCCCCC(C)CCCCCCCCN.CCCCCCCCCCCCN(CCCCCCCCCCCC)CCN1CCN(C)CC1. The maximum Gasteiger partial charge on any atom is 0.0110 e. The second kappa shape index (κ2) is 79.7. The Bertz CT molecular complexity index is 1270. The van der Waals surface area contributed by atoms with Crippen LogP contribution >= 0.6 is 0 Å². The summed E-state index contributed by atoms with van der Waals surface area (Å²) in [4.78, 5) is 10.6. The van der Waals surface area contributed by atoms with E-state index in [9.17, 15) is 0 Å². The minimum absolute atomic E-state index is 0.870. The number of allylic oxidation sites excluding steroid dienone is 4. The molecular weight excluding hydrogens is 1080 g/mol. The van der Waals surface area contributed by atoms with E-state index in [-0.39, 0.29) is 0 Å². The molecule has 0 aromatic heterocycles. The average Bonchev–Trinajstić information content (AvgIpc) is 3.56. The Morgan fingerprint density at radius 1 is 0.315 bits per heavy atom. The molecule has 1 saturated heterocycles. The summed E-state index contributed by atoms with van der Waals surface area (Å²) in [7, 11) is 4.59. The summed E-state index contributed by atoms with van der Waals surface area (Å²) in [5.74, 6) is 1.91. The Morgan fingerprint density at radius 2 is 0.584 bits per heavy atom. The number of rotatable bonds is 69. The van der Waals surface area contributed by atoms with Gasteiger partial charge in [-0.25, -0.2) is 0 Å². The third kappa shape index (κ3) is 77.9. The second-order valence-corrected chi connectivity index (χ2v) is 29.5. The quantitative estimate of drug-likeness (QED) is 0.0485. The van der Waals surface area contributed by atoms with Crippen LogP contribution in [0, 0.1) is 11.8 Å². The van der Waals surface area contributed by atoms with E-state index in [1.165, 1.54) is 431 Å². The first kappa shape index (κ1) is 90.3. The van der Waals surface area contributed by atoms with Crippen LogP contribution in [0.5, 0.6) is 0 Å². The first-order valence-corrected chi connectivity index (χ1v) is 41.6. The zero-order valence-corrected chi connectivity index (χ0v) is 63.6. The Hall–Kier alpha value is -0.720. The summed E-state index contributed by atoms with van der Waals surface area (Å²) < 4.78 is 0. The highest BCUT2D eigenvalue weighted by Crippen LogP contribution is 2.21. The molecule has 1 heterocycles. The van der Waals surface area contributed by atoms with Crippen LogP contribution in [0.1, 0.15) is 421 Å². The van der Waals surface area contributed by atoms with Crippen molar-refractivity contribution in [2.75, 3.05) is 86.1 Å². The predicted molar refractivity (Wildman–Crippen MR) is 410 cm³/mol. The largest absolute Gasteiger partial charge is 0.330 e. The highest BCUT2D eigenvalue weighted by atomic mass is 15.3. The maximum absolute atomic E-state index is 5.49. The van der Waals surface area contributed by atoms with Crippen molar-refractivity contribution in [3.63, 3.8) is 0 Å². The Kier molecular flexibility index (Phi) is 80.9. The molecule has 534 valence electrons. The third-order valence-electron chi connectivity index (χ3n) is 20.0. The van der Waals surface area contributed by atoms with E-state index in [0.29, 0.717) is 0 Å². The van der Waals surface area contributed by atoms with E-state index in [1.807, 2.05) is 0 Å². The van der Waals surface area contributed by atoms with Crippen molar-refractivity contribution in [2.24, 2.45) is 17.6 Å². The number of likely N-dealkylation sites (N-methyl/N-ethyl adjacent to an activating group) is 1. The fraction of sp³-hybridized carbons (Fsp3) is 0.952. The van der Waals surface area contributed by atoms with Gasteiger partial charge in [0, 0.05) is 39.3 Å². The zero-order chi connectivity index (χ0) is 65.1. The van der Waals surface area contributed by atoms with E-state index in [1.54, 1.807) is 0 Å². The Balaban J connectivity index is 0. The van der Waals surface area contributed by atoms with Crippen molar-refractivity contribution in [1.29, 1.82) is 0 Å². The minimum atomic E-state index is 0.870. The molecule has 1 aliphatic heterocycles. The molecule has 2 N–H and O–H groups in total. The van der Waals surface area contributed by atoms with E-state index in [0.717, 1.165) is 24.8 Å². The number of nitrogens with zero attached hydrogens (tertiary/aromatic N) is 4. The molecule has 0 saturated carbocycles. The second-order valence-electron chi connectivity index (χ2n) is 29.5. The zero-order valence-electron chi connectivity index (χ0n) is 63.6. The van der Waals surface area contributed by atoms with E-state index in [4.69, 9.17) is 5.73 Å². The van der Waals surface area contributed by atoms with Crippen LogP contribution < -0.4 is 5.73 Å². The standard InChI is InChI=1S/C36H71N.C31H65N3.C17H37N/c1-5-7-9-10-11-12-13-14-15-16-17-18-20-23-26-30-34-37(4)35-31-27-24-21-19-22-25-29-33-36(3)32-28-8-6-2;1-4-6-8-10-12-14-16-18-20-22-24-33(30-31-34-28-26-32(3)27-29-34)25-23-21-19-17-15-13-11-9-7-5-2;1-3-4-5-8-11-14-17(2)15-12-9-6-7-10-13-16-18/h11-12,14-15,36H,5-10,13,16-35H2,1-4H3;4-31H2,1-3H3;17H,3-16,18H2,1-2H3/b12-11-,15-14-;;. The highest BCUT2D eigenvalue weighted by molar-refractivity contribution is 4.92. The molecule has 1 rings (SSSR count). The van der Waals surface area contributed by atoms with E-state index >= 15 is 0 Å². The molecule has 2 unspecified atom stereocenters. The van der Waals surface area contributed by atoms with Crippen LogP contribution in [-0.2, 0) is 0 Å². The van der Waals surface area contributed by atoms with E-state index in [2.05, 4.69) is 106 Å².